The molecule has 4 rings (SSSR count). The molecule has 3 heteroatoms. The van der Waals surface area contributed by atoms with Gasteiger partial charge in [0.15, 0.2) is 0 Å². The fourth-order valence-corrected chi connectivity index (χ4v) is 3.65. The molecule has 0 aliphatic heterocycles. The topological polar surface area (TPSA) is 17.3 Å². The van der Waals surface area contributed by atoms with E-state index >= 15 is 0 Å². The number of benzene rings is 1. The normalized spacial score (nSPS) is 17.9. The van der Waals surface area contributed by atoms with Crippen LogP contribution in [0.15, 0.2) is 47.1 Å². The third-order valence-corrected chi connectivity index (χ3v) is 5.36. The average molecular weight is 341 g/mol. The van der Waals surface area contributed by atoms with E-state index in [1.54, 1.807) is 0 Å². The average Bonchev–Trinajstić information content (AvgIpc) is 2.85. The molecule has 3 aromatic rings. The predicted octanol–water partition coefficient (Wildman–Crippen LogP) is 4.68. The summed E-state index contributed by atoms with van der Waals surface area (Å²) < 4.78 is 3.42. The SMILES string of the molecule is Cc1cc2nc3c(n2cc1Br)CC(c1ccccc1)CC3. The third kappa shape index (κ3) is 2.20. The van der Waals surface area contributed by atoms with Gasteiger partial charge in [-0.1, -0.05) is 30.3 Å². The van der Waals surface area contributed by atoms with E-state index in [1.165, 1.54) is 28.9 Å². The number of nitrogens with zero attached hydrogens (tertiary/aromatic N) is 2. The monoisotopic (exact) mass is 340 g/mol. The summed E-state index contributed by atoms with van der Waals surface area (Å²) in [6.07, 6.45) is 5.52. The molecular weight excluding hydrogens is 324 g/mol. The van der Waals surface area contributed by atoms with Crippen LogP contribution in [0.4, 0.5) is 0 Å². The van der Waals surface area contributed by atoms with Gasteiger partial charge in [0, 0.05) is 16.4 Å². The first-order chi connectivity index (χ1) is 10.2. The van der Waals surface area contributed by atoms with Crippen LogP contribution in [0.2, 0.25) is 0 Å². The van der Waals surface area contributed by atoms with Gasteiger partial charge in [-0.2, -0.15) is 0 Å². The van der Waals surface area contributed by atoms with Crippen LogP contribution in [0.3, 0.4) is 0 Å². The predicted molar refractivity (Wildman–Crippen MR) is 88.8 cm³/mol. The van der Waals surface area contributed by atoms with Gasteiger partial charge in [-0.3, -0.25) is 0 Å². The van der Waals surface area contributed by atoms with Crippen LogP contribution in [0.5, 0.6) is 0 Å². The second-order valence-corrected chi connectivity index (χ2v) is 6.74. The van der Waals surface area contributed by atoms with Gasteiger partial charge in [0.25, 0.3) is 0 Å². The molecular formula is C18H17BrN2. The molecule has 1 unspecified atom stereocenters. The molecule has 0 saturated carbocycles. The number of imidazole rings is 1. The van der Waals surface area contributed by atoms with Crippen molar-refractivity contribution in [2.45, 2.75) is 32.1 Å². The minimum atomic E-state index is 0.610. The fraction of sp³-hybridized carbons (Fsp3) is 0.278. The van der Waals surface area contributed by atoms with Crippen molar-refractivity contribution in [3.8, 4) is 0 Å². The van der Waals surface area contributed by atoms with Gasteiger partial charge in [-0.15, -0.1) is 0 Å². The van der Waals surface area contributed by atoms with Crippen molar-refractivity contribution in [2.24, 2.45) is 0 Å². The first-order valence-electron chi connectivity index (χ1n) is 7.43. The number of aryl methyl sites for hydroxylation is 2. The molecule has 0 spiro atoms. The molecule has 1 atom stereocenters. The Balaban J connectivity index is 1.79. The second kappa shape index (κ2) is 4.99. The summed E-state index contributed by atoms with van der Waals surface area (Å²) in [5, 5.41) is 0. The standard InChI is InChI=1S/C18H17BrN2/c1-12-9-18-20-16-8-7-14(13-5-3-2-4-6-13)10-17(16)21(18)11-15(12)19/h2-6,9,11,14H,7-8,10H2,1H3. The second-order valence-electron chi connectivity index (χ2n) is 5.89. The molecule has 106 valence electrons. The van der Waals surface area contributed by atoms with Crippen LogP contribution in [0.1, 0.15) is 34.9 Å². The zero-order valence-electron chi connectivity index (χ0n) is 12.0. The van der Waals surface area contributed by atoms with Crippen LogP contribution in [-0.4, -0.2) is 9.38 Å². The van der Waals surface area contributed by atoms with E-state index in [1.807, 2.05) is 0 Å². The summed E-state index contributed by atoms with van der Waals surface area (Å²) in [5.41, 5.74) is 6.42. The van der Waals surface area contributed by atoms with Crippen LogP contribution >= 0.6 is 15.9 Å². The molecule has 0 N–H and O–H groups in total. The van der Waals surface area contributed by atoms with E-state index in [2.05, 4.69) is 69.8 Å². The Morgan fingerprint density at radius 3 is 2.86 bits per heavy atom. The van der Waals surface area contributed by atoms with Crippen molar-refractivity contribution in [3.05, 3.63) is 69.6 Å². The number of pyridine rings is 1. The van der Waals surface area contributed by atoms with E-state index in [0.29, 0.717) is 5.92 Å². The smallest absolute Gasteiger partial charge is 0.137 e. The Morgan fingerprint density at radius 2 is 2.05 bits per heavy atom. The summed E-state index contributed by atoms with van der Waals surface area (Å²) in [6, 6.07) is 13.0. The highest BCUT2D eigenvalue weighted by atomic mass is 79.9. The van der Waals surface area contributed by atoms with Gasteiger partial charge in [-0.05, 0) is 65.2 Å². The van der Waals surface area contributed by atoms with E-state index in [0.717, 1.165) is 23.0 Å². The zero-order valence-corrected chi connectivity index (χ0v) is 13.6. The Morgan fingerprint density at radius 1 is 1.24 bits per heavy atom. The number of fused-ring (bicyclic) bond motifs is 3. The molecule has 0 saturated heterocycles. The highest BCUT2D eigenvalue weighted by Crippen LogP contribution is 2.33. The molecule has 0 fully saturated rings. The van der Waals surface area contributed by atoms with Crippen molar-refractivity contribution < 1.29 is 0 Å². The zero-order chi connectivity index (χ0) is 14.4. The van der Waals surface area contributed by atoms with Crippen molar-refractivity contribution in [1.29, 1.82) is 0 Å². The van der Waals surface area contributed by atoms with Crippen molar-refractivity contribution in [3.63, 3.8) is 0 Å². The van der Waals surface area contributed by atoms with E-state index in [4.69, 9.17) is 4.98 Å². The van der Waals surface area contributed by atoms with Gasteiger partial charge < -0.3 is 4.40 Å². The van der Waals surface area contributed by atoms with Gasteiger partial charge in [0.05, 0.1) is 5.69 Å². The van der Waals surface area contributed by atoms with Crippen molar-refractivity contribution in [2.75, 3.05) is 0 Å². The lowest BCUT2D eigenvalue weighted by atomic mass is 9.84. The maximum atomic E-state index is 4.83. The lowest BCUT2D eigenvalue weighted by Crippen LogP contribution is -2.13. The lowest BCUT2D eigenvalue weighted by molar-refractivity contribution is 0.567. The Labute approximate surface area is 133 Å². The third-order valence-electron chi connectivity index (χ3n) is 4.53. The quantitative estimate of drug-likeness (QED) is 0.628. The van der Waals surface area contributed by atoms with E-state index in [9.17, 15) is 0 Å². The number of hydrogen-bond donors (Lipinski definition) is 0. The molecule has 0 amide bonds. The van der Waals surface area contributed by atoms with E-state index < -0.39 is 0 Å². The summed E-state index contributed by atoms with van der Waals surface area (Å²) in [6.45, 7) is 2.12. The molecule has 2 aromatic heterocycles. The molecule has 2 nitrogen and oxygen atoms in total. The summed E-state index contributed by atoms with van der Waals surface area (Å²) in [5.74, 6) is 0.610. The molecule has 1 aromatic carbocycles. The van der Waals surface area contributed by atoms with Gasteiger partial charge in [0.1, 0.15) is 5.65 Å². The molecule has 1 aliphatic carbocycles. The van der Waals surface area contributed by atoms with Crippen LogP contribution in [-0.2, 0) is 12.8 Å². The Kier molecular flexibility index (Phi) is 3.11. The summed E-state index contributed by atoms with van der Waals surface area (Å²) in [4.78, 5) is 4.83. The molecule has 1 aliphatic rings. The fourth-order valence-electron chi connectivity index (χ4n) is 3.33. The van der Waals surface area contributed by atoms with Gasteiger partial charge in [-0.25, -0.2) is 4.98 Å². The summed E-state index contributed by atoms with van der Waals surface area (Å²) in [7, 11) is 0. The van der Waals surface area contributed by atoms with Crippen molar-refractivity contribution in [1.82, 2.24) is 9.38 Å². The van der Waals surface area contributed by atoms with Gasteiger partial charge in [0.2, 0.25) is 0 Å². The van der Waals surface area contributed by atoms with Crippen LogP contribution in [0, 0.1) is 6.92 Å². The molecule has 2 heterocycles. The minimum absolute atomic E-state index is 0.610. The maximum Gasteiger partial charge on any atom is 0.137 e. The highest BCUT2D eigenvalue weighted by molar-refractivity contribution is 9.10. The Bertz CT molecular complexity index is 805. The summed E-state index contributed by atoms with van der Waals surface area (Å²) >= 11 is 3.64. The Hall–Kier alpha value is -1.61. The van der Waals surface area contributed by atoms with Gasteiger partial charge >= 0.3 is 0 Å². The number of halogens is 1. The molecule has 0 bridgehead atoms. The minimum Gasteiger partial charge on any atom is -0.303 e. The number of aromatic nitrogens is 2. The van der Waals surface area contributed by atoms with Crippen LogP contribution in [0.25, 0.3) is 5.65 Å². The van der Waals surface area contributed by atoms with E-state index in [-0.39, 0.29) is 0 Å². The number of rotatable bonds is 1. The highest BCUT2D eigenvalue weighted by Gasteiger charge is 2.24. The molecule has 0 radical (unpaired) electrons. The first-order valence-corrected chi connectivity index (χ1v) is 8.22. The van der Waals surface area contributed by atoms with Crippen LogP contribution < -0.4 is 0 Å². The first kappa shape index (κ1) is 13.1. The lowest BCUT2D eigenvalue weighted by Gasteiger charge is -2.22. The molecule has 21 heavy (non-hydrogen) atoms. The largest absolute Gasteiger partial charge is 0.303 e. The number of hydrogen-bond acceptors (Lipinski definition) is 1. The maximum absolute atomic E-state index is 4.83. The van der Waals surface area contributed by atoms with Crippen molar-refractivity contribution >= 4 is 21.6 Å².